The van der Waals surface area contributed by atoms with Crippen LogP contribution in [0.5, 0.6) is 0 Å². The van der Waals surface area contributed by atoms with Crippen molar-refractivity contribution < 1.29 is 4.79 Å². The molecule has 0 bridgehead atoms. The highest BCUT2D eigenvalue weighted by atomic mass is 35.5. The van der Waals surface area contributed by atoms with Crippen molar-refractivity contribution in [2.75, 3.05) is 26.2 Å². The predicted octanol–water partition coefficient (Wildman–Crippen LogP) is 3.42. The first kappa shape index (κ1) is 16.3. The number of halogens is 1. The normalized spacial score (nSPS) is 17.0. The van der Waals surface area contributed by atoms with Crippen LogP contribution in [0.15, 0.2) is 24.3 Å². The number of carbonyl (C=O) groups is 1. The van der Waals surface area contributed by atoms with E-state index in [1.54, 1.807) is 0 Å². The average Bonchev–Trinajstić information content (AvgIpc) is 2.37. The van der Waals surface area contributed by atoms with E-state index in [9.17, 15) is 4.79 Å². The van der Waals surface area contributed by atoms with Crippen LogP contribution in [0.3, 0.4) is 0 Å². The second-order valence-corrected chi connectivity index (χ2v) is 7.46. The van der Waals surface area contributed by atoms with E-state index in [1.807, 2.05) is 23.1 Å². The van der Waals surface area contributed by atoms with Crippen molar-refractivity contribution in [3.63, 3.8) is 0 Å². The average molecular weight is 309 g/mol. The van der Waals surface area contributed by atoms with E-state index in [-0.39, 0.29) is 11.3 Å². The number of hydrogen-bond donors (Lipinski definition) is 0. The van der Waals surface area contributed by atoms with Gasteiger partial charge in [0.05, 0.1) is 0 Å². The van der Waals surface area contributed by atoms with Gasteiger partial charge in [0.1, 0.15) is 0 Å². The molecule has 1 aromatic rings. The van der Waals surface area contributed by atoms with Gasteiger partial charge in [-0.05, 0) is 23.1 Å². The molecule has 0 unspecified atom stereocenters. The Morgan fingerprint density at radius 3 is 2.43 bits per heavy atom. The van der Waals surface area contributed by atoms with Crippen molar-refractivity contribution in [2.45, 2.75) is 33.7 Å². The number of rotatable bonds is 3. The van der Waals surface area contributed by atoms with E-state index in [1.165, 1.54) is 5.56 Å². The molecule has 3 nitrogen and oxygen atoms in total. The Labute approximate surface area is 132 Å². The summed E-state index contributed by atoms with van der Waals surface area (Å²) in [6.45, 7) is 10.8. The Hall–Kier alpha value is -1.06. The maximum atomic E-state index is 12.2. The number of carbonyl (C=O) groups excluding carboxylic acids is 1. The third kappa shape index (κ3) is 5.33. The molecule has 0 saturated carbocycles. The van der Waals surface area contributed by atoms with Gasteiger partial charge in [0.25, 0.3) is 0 Å². The second kappa shape index (κ2) is 6.80. The van der Waals surface area contributed by atoms with Gasteiger partial charge in [0, 0.05) is 44.2 Å². The van der Waals surface area contributed by atoms with Crippen LogP contribution in [0.4, 0.5) is 0 Å². The van der Waals surface area contributed by atoms with Crippen molar-refractivity contribution in [3.8, 4) is 0 Å². The smallest absolute Gasteiger partial charge is 0.223 e. The molecule has 1 aromatic carbocycles. The minimum Gasteiger partial charge on any atom is -0.340 e. The molecule has 1 fully saturated rings. The minimum atomic E-state index is 0.0645. The van der Waals surface area contributed by atoms with Crippen LogP contribution in [0.25, 0.3) is 0 Å². The fourth-order valence-electron chi connectivity index (χ4n) is 2.61. The maximum Gasteiger partial charge on any atom is 0.223 e. The van der Waals surface area contributed by atoms with Gasteiger partial charge in [-0.1, -0.05) is 44.5 Å². The predicted molar refractivity (Wildman–Crippen MR) is 87.4 cm³/mol. The lowest BCUT2D eigenvalue weighted by molar-refractivity contribution is -0.134. The topological polar surface area (TPSA) is 23.6 Å². The summed E-state index contributed by atoms with van der Waals surface area (Å²) >= 11 is 6.02. The lowest BCUT2D eigenvalue weighted by Crippen LogP contribution is -2.48. The molecule has 4 heteroatoms. The first-order valence-electron chi connectivity index (χ1n) is 7.58. The molecular formula is C17H25ClN2O. The van der Waals surface area contributed by atoms with Gasteiger partial charge < -0.3 is 4.90 Å². The van der Waals surface area contributed by atoms with Gasteiger partial charge in [-0.3, -0.25) is 9.69 Å². The van der Waals surface area contributed by atoms with Crippen LogP contribution in [0.1, 0.15) is 32.8 Å². The number of hydrogen-bond acceptors (Lipinski definition) is 2. The fourth-order valence-corrected chi connectivity index (χ4v) is 2.83. The molecule has 1 saturated heterocycles. The molecule has 116 valence electrons. The molecule has 21 heavy (non-hydrogen) atoms. The lowest BCUT2D eigenvalue weighted by atomic mass is 9.91. The van der Waals surface area contributed by atoms with Crippen molar-refractivity contribution >= 4 is 17.5 Å². The summed E-state index contributed by atoms with van der Waals surface area (Å²) in [7, 11) is 0. The first-order valence-corrected chi connectivity index (χ1v) is 7.96. The van der Waals surface area contributed by atoms with Crippen LogP contribution in [-0.4, -0.2) is 41.9 Å². The molecule has 1 amide bonds. The zero-order valence-corrected chi connectivity index (χ0v) is 14.0. The molecule has 0 atom stereocenters. The zero-order chi connectivity index (χ0) is 15.5. The van der Waals surface area contributed by atoms with E-state index >= 15 is 0 Å². The Balaban J connectivity index is 1.82. The highest BCUT2D eigenvalue weighted by molar-refractivity contribution is 6.30. The minimum absolute atomic E-state index is 0.0645. The Morgan fingerprint density at radius 1 is 1.19 bits per heavy atom. The molecular weight excluding hydrogens is 284 g/mol. The standard InChI is InChI=1S/C17H25ClN2O/c1-17(2,3)12-16(21)20-9-7-19(8-10-20)13-14-5-4-6-15(18)11-14/h4-6,11H,7-10,12-13H2,1-3H3. The van der Waals surface area contributed by atoms with Crippen LogP contribution >= 0.6 is 11.6 Å². The van der Waals surface area contributed by atoms with Crippen LogP contribution in [-0.2, 0) is 11.3 Å². The molecule has 2 rings (SSSR count). The number of piperazine rings is 1. The van der Waals surface area contributed by atoms with Gasteiger partial charge >= 0.3 is 0 Å². The van der Waals surface area contributed by atoms with E-state index in [4.69, 9.17) is 11.6 Å². The number of amides is 1. The summed E-state index contributed by atoms with van der Waals surface area (Å²) in [6, 6.07) is 8.00. The van der Waals surface area contributed by atoms with Gasteiger partial charge in [-0.25, -0.2) is 0 Å². The monoisotopic (exact) mass is 308 g/mol. The van der Waals surface area contributed by atoms with Crippen molar-refractivity contribution in [3.05, 3.63) is 34.9 Å². The molecule has 0 aliphatic carbocycles. The largest absolute Gasteiger partial charge is 0.340 e. The van der Waals surface area contributed by atoms with Gasteiger partial charge in [0.2, 0.25) is 5.91 Å². The van der Waals surface area contributed by atoms with Crippen LogP contribution < -0.4 is 0 Å². The van der Waals surface area contributed by atoms with E-state index < -0.39 is 0 Å². The quantitative estimate of drug-likeness (QED) is 0.854. The third-order valence-electron chi connectivity index (χ3n) is 3.70. The Bertz CT molecular complexity index is 488. The SMILES string of the molecule is CC(C)(C)CC(=O)N1CCN(Cc2cccc(Cl)c2)CC1. The molecule has 0 radical (unpaired) electrons. The molecule has 0 spiro atoms. The number of nitrogens with zero attached hydrogens (tertiary/aromatic N) is 2. The molecule has 1 aliphatic heterocycles. The second-order valence-electron chi connectivity index (χ2n) is 7.02. The zero-order valence-electron chi connectivity index (χ0n) is 13.2. The van der Waals surface area contributed by atoms with Crippen LogP contribution in [0, 0.1) is 5.41 Å². The molecule has 0 N–H and O–H groups in total. The van der Waals surface area contributed by atoms with Gasteiger partial charge in [0.15, 0.2) is 0 Å². The summed E-state index contributed by atoms with van der Waals surface area (Å²) in [4.78, 5) is 16.6. The summed E-state index contributed by atoms with van der Waals surface area (Å²) in [6.07, 6.45) is 0.626. The highest BCUT2D eigenvalue weighted by Gasteiger charge is 2.24. The third-order valence-corrected chi connectivity index (χ3v) is 3.94. The highest BCUT2D eigenvalue weighted by Crippen LogP contribution is 2.21. The van der Waals surface area contributed by atoms with Crippen molar-refractivity contribution in [1.29, 1.82) is 0 Å². The maximum absolute atomic E-state index is 12.2. The molecule has 1 aliphatic rings. The van der Waals surface area contributed by atoms with Crippen LogP contribution in [0.2, 0.25) is 5.02 Å². The summed E-state index contributed by atoms with van der Waals surface area (Å²) < 4.78 is 0. The van der Waals surface area contributed by atoms with Gasteiger partial charge in [-0.2, -0.15) is 0 Å². The van der Waals surface area contributed by atoms with Gasteiger partial charge in [-0.15, -0.1) is 0 Å². The lowest BCUT2D eigenvalue weighted by Gasteiger charge is -2.36. The Morgan fingerprint density at radius 2 is 1.86 bits per heavy atom. The fraction of sp³-hybridized carbons (Fsp3) is 0.588. The summed E-state index contributed by atoms with van der Waals surface area (Å²) in [5, 5.41) is 0.784. The summed E-state index contributed by atoms with van der Waals surface area (Å²) in [5.41, 5.74) is 1.30. The first-order chi connectivity index (χ1) is 9.83. The molecule has 1 heterocycles. The Kier molecular flexibility index (Phi) is 5.28. The number of benzene rings is 1. The van der Waals surface area contributed by atoms with Crippen molar-refractivity contribution in [1.82, 2.24) is 9.80 Å². The summed E-state index contributed by atoms with van der Waals surface area (Å²) in [5.74, 6) is 0.282. The molecule has 0 aromatic heterocycles. The van der Waals surface area contributed by atoms with E-state index in [2.05, 4.69) is 31.7 Å². The van der Waals surface area contributed by atoms with E-state index in [0.29, 0.717) is 6.42 Å². The van der Waals surface area contributed by atoms with Crippen molar-refractivity contribution in [2.24, 2.45) is 5.41 Å². The van der Waals surface area contributed by atoms with E-state index in [0.717, 1.165) is 37.7 Å².